The fraction of sp³-hybridized carbons (Fsp3) is 0.322. The first-order valence-electron chi connectivity index (χ1n) is 25.8. The van der Waals surface area contributed by atoms with Gasteiger partial charge in [0, 0.05) is 19.1 Å². The Morgan fingerprint density at radius 1 is 0.534 bits per heavy atom. The van der Waals surface area contributed by atoms with E-state index in [2.05, 4.69) is 147 Å². The summed E-state index contributed by atoms with van der Waals surface area (Å²) in [5, 5.41) is 6.55. The lowest BCUT2D eigenvalue weighted by Gasteiger charge is -2.57. The molecule has 1 aliphatic carbocycles. The highest BCUT2D eigenvalue weighted by molar-refractivity contribution is 6.98. The Kier molecular flexibility index (Phi) is 17.7. The van der Waals surface area contributed by atoms with Crippen LogP contribution >= 0.6 is 0 Å². The molecule has 1 aromatic heterocycles. The maximum atomic E-state index is 16.1. The molecule has 0 radical (unpaired) electrons. The summed E-state index contributed by atoms with van der Waals surface area (Å²) < 4.78 is 40.8. The number of hydrogen-bond donors (Lipinski definition) is 4. The van der Waals surface area contributed by atoms with Gasteiger partial charge in [0.05, 0.1) is 18.3 Å². The van der Waals surface area contributed by atoms with Crippen LogP contribution in [0.4, 0.5) is 4.39 Å². The number of nitrogens with zero attached hydrogens (tertiary/aromatic N) is 1. The normalized spacial score (nSPS) is 18.4. The maximum absolute atomic E-state index is 16.1. The van der Waals surface area contributed by atoms with Gasteiger partial charge in [0.1, 0.15) is 0 Å². The number of H-pyrrole nitrogens is 1. The second kappa shape index (κ2) is 24.1. The minimum Gasteiger partial charge on any atom is -0.408 e. The largest absolute Gasteiger partial charge is 0.408 e. The third kappa shape index (κ3) is 11.4. The molecule has 0 amide bonds. The molecule has 6 atom stereocenters. The summed E-state index contributed by atoms with van der Waals surface area (Å²) >= 11 is 0. The van der Waals surface area contributed by atoms with Crippen LogP contribution in [0.3, 0.4) is 0 Å². The molecule has 1 saturated carbocycles. The standard InChI is InChI=1S/C59H72FN5O5Si3/c1-45(35-61)41-71(49-22-10-4-11-23-49,50-24-12-5-13-25-50)68-39-48-34-59(65-38-56(60)57(66)64-58(65)67,44-70-73(43-47(3)37-63,53-30-18-8-19-31-53)54-32-20-9-21-33-54)55(48)40-69-72(42-46(2)36-62,51-26-14-6-15-27-51)52-28-16-7-17-29-52/h4-33,38,45-48,55H,34-37,39-44,61-63H2,1-3H3,(H,64,66,67). The first-order chi connectivity index (χ1) is 35.4. The highest BCUT2D eigenvalue weighted by atomic mass is 28.4. The van der Waals surface area contributed by atoms with Crippen LogP contribution < -0.4 is 59.6 Å². The fourth-order valence-corrected chi connectivity index (χ4v) is 24.4. The van der Waals surface area contributed by atoms with Gasteiger partial charge in [-0.3, -0.25) is 14.3 Å². The Morgan fingerprint density at radius 2 is 0.849 bits per heavy atom. The average Bonchev–Trinajstić information content (AvgIpc) is 3.44. The molecule has 8 rings (SSSR count). The number of aromatic nitrogens is 2. The molecular formula is C59H72FN5O5Si3. The smallest absolute Gasteiger partial charge is 0.329 e. The van der Waals surface area contributed by atoms with E-state index in [1.54, 1.807) is 0 Å². The van der Waals surface area contributed by atoms with Gasteiger partial charge in [0.2, 0.25) is 5.82 Å². The van der Waals surface area contributed by atoms with Crippen molar-refractivity contribution in [2.75, 3.05) is 39.5 Å². The van der Waals surface area contributed by atoms with Crippen LogP contribution in [0.2, 0.25) is 18.1 Å². The molecule has 1 aliphatic rings. The summed E-state index contributed by atoms with van der Waals surface area (Å²) in [6, 6.07) is 64.5. The van der Waals surface area contributed by atoms with Crippen molar-refractivity contribution in [2.24, 2.45) is 46.8 Å². The molecule has 0 bridgehead atoms. The van der Waals surface area contributed by atoms with Gasteiger partial charge in [0.15, 0.2) is 0 Å². The number of hydrogen-bond acceptors (Lipinski definition) is 8. The fourth-order valence-electron chi connectivity index (χ4n) is 11.4. The molecule has 0 spiro atoms. The highest BCUT2D eigenvalue weighted by Gasteiger charge is 2.59. The summed E-state index contributed by atoms with van der Waals surface area (Å²) in [7, 11) is -9.47. The first kappa shape index (κ1) is 53.6. The van der Waals surface area contributed by atoms with Crippen molar-refractivity contribution < 1.29 is 17.7 Å². The number of aromatic amines is 1. The molecule has 1 fully saturated rings. The number of nitrogens with one attached hydrogen (secondary N) is 1. The number of nitrogens with two attached hydrogens (primary N) is 3. The summed E-state index contributed by atoms with van der Waals surface area (Å²) in [6.45, 7) is 8.34. The molecule has 6 aromatic carbocycles. The Balaban J connectivity index is 1.33. The molecule has 382 valence electrons. The van der Waals surface area contributed by atoms with E-state index in [4.69, 9.17) is 30.5 Å². The summed E-state index contributed by atoms with van der Waals surface area (Å²) in [6.07, 6.45) is 1.44. The van der Waals surface area contributed by atoms with Gasteiger partial charge in [0.25, 0.3) is 30.5 Å². The number of benzene rings is 6. The molecule has 73 heavy (non-hydrogen) atoms. The van der Waals surface area contributed by atoms with Gasteiger partial charge in [-0.2, -0.15) is 4.39 Å². The minimum atomic E-state index is -3.24. The van der Waals surface area contributed by atoms with E-state index in [1.807, 2.05) is 60.7 Å². The van der Waals surface area contributed by atoms with Gasteiger partial charge >= 0.3 is 5.69 Å². The molecule has 6 unspecified atom stereocenters. The van der Waals surface area contributed by atoms with E-state index in [-0.39, 0.29) is 36.9 Å². The van der Waals surface area contributed by atoms with Crippen LogP contribution in [0, 0.1) is 35.4 Å². The van der Waals surface area contributed by atoms with Crippen LogP contribution in [0.25, 0.3) is 0 Å². The topological polar surface area (TPSA) is 161 Å². The molecule has 10 nitrogen and oxygen atoms in total. The van der Waals surface area contributed by atoms with Crippen LogP contribution in [-0.2, 0) is 18.8 Å². The predicted octanol–water partition coefficient (Wildman–Crippen LogP) is 5.12. The second-order valence-electron chi connectivity index (χ2n) is 20.5. The lowest BCUT2D eigenvalue weighted by Crippen LogP contribution is -2.70. The van der Waals surface area contributed by atoms with Gasteiger partial charge in [-0.05, 0) is 99.0 Å². The summed E-state index contributed by atoms with van der Waals surface area (Å²) in [4.78, 5) is 30.0. The van der Waals surface area contributed by atoms with E-state index in [0.29, 0.717) is 44.8 Å². The van der Waals surface area contributed by atoms with E-state index in [1.165, 1.54) is 4.57 Å². The number of halogens is 1. The maximum Gasteiger partial charge on any atom is 0.329 e. The van der Waals surface area contributed by atoms with Crippen LogP contribution in [0.1, 0.15) is 27.2 Å². The highest BCUT2D eigenvalue weighted by Crippen LogP contribution is 2.51. The lowest BCUT2D eigenvalue weighted by atomic mass is 9.59. The van der Waals surface area contributed by atoms with Crippen molar-refractivity contribution in [1.82, 2.24) is 9.55 Å². The number of rotatable bonds is 25. The molecule has 14 heteroatoms. The Hall–Kier alpha value is -5.66. The first-order valence-corrected chi connectivity index (χ1v) is 32.2. The van der Waals surface area contributed by atoms with Crippen molar-refractivity contribution in [3.63, 3.8) is 0 Å². The van der Waals surface area contributed by atoms with Gasteiger partial charge < -0.3 is 30.5 Å². The zero-order valence-corrected chi connectivity index (χ0v) is 45.5. The van der Waals surface area contributed by atoms with Crippen molar-refractivity contribution in [3.05, 3.63) is 215 Å². The monoisotopic (exact) mass is 1030 g/mol. The lowest BCUT2D eigenvalue weighted by molar-refractivity contribution is -0.102. The molecule has 7 aromatic rings. The molecule has 0 saturated heterocycles. The minimum absolute atomic E-state index is 0.00476. The van der Waals surface area contributed by atoms with Crippen LogP contribution in [-0.4, -0.2) is 74.0 Å². The predicted molar refractivity (Wildman–Crippen MR) is 302 cm³/mol. The van der Waals surface area contributed by atoms with E-state index < -0.39 is 53.5 Å². The third-order valence-corrected chi connectivity index (χ3v) is 28.8. The molecule has 1 heterocycles. The Morgan fingerprint density at radius 3 is 1.18 bits per heavy atom. The Bertz CT molecular complexity index is 2810. The molecule has 0 aliphatic heterocycles. The summed E-state index contributed by atoms with van der Waals surface area (Å²) in [5.74, 6) is -1.49. The Labute approximate surface area is 433 Å². The zero-order chi connectivity index (χ0) is 51.5. The third-order valence-electron chi connectivity index (χ3n) is 15.4. The van der Waals surface area contributed by atoms with Gasteiger partial charge in [-0.1, -0.05) is 203 Å². The van der Waals surface area contributed by atoms with Gasteiger partial charge in [-0.25, -0.2) is 4.79 Å². The van der Waals surface area contributed by atoms with E-state index >= 15 is 4.39 Å². The molecular weight excluding hydrogens is 962 g/mol. The quantitative estimate of drug-likeness (QED) is 0.0575. The van der Waals surface area contributed by atoms with Crippen molar-refractivity contribution >= 4 is 56.1 Å². The SMILES string of the molecule is CC(CN)C[Si](OCC1CC(CO[Si](CC(C)CN)(c2ccccc2)c2ccccc2)(n2cc(F)c(=O)[nH]c2=O)C1CO[Si](CC(C)CN)(c1ccccc1)c1ccccc1)(c1ccccc1)c1ccccc1. The molecule has 7 N–H and O–H groups in total. The van der Waals surface area contributed by atoms with Crippen molar-refractivity contribution in [3.8, 4) is 0 Å². The van der Waals surface area contributed by atoms with Crippen LogP contribution in [0.5, 0.6) is 0 Å². The van der Waals surface area contributed by atoms with Crippen LogP contribution in [0.15, 0.2) is 198 Å². The average molecular weight is 1030 g/mol. The van der Waals surface area contributed by atoms with Crippen molar-refractivity contribution in [1.29, 1.82) is 0 Å². The van der Waals surface area contributed by atoms with E-state index in [9.17, 15) is 9.59 Å². The summed E-state index contributed by atoms with van der Waals surface area (Å²) in [5.41, 5.74) is 16.3. The van der Waals surface area contributed by atoms with Crippen molar-refractivity contribution in [2.45, 2.75) is 50.9 Å². The zero-order valence-electron chi connectivity index (χ0n) is 42.5. The van der Waals surface area contributed by atoms with E-state index in [0.717, 1.165) is 43.4 Å². The van der Waals surface area contributed by atoms with Gasteiger partial charge in [-0.15, -0.1) is 0 Å². The second-order valence-corrected chi connectivity index (χ2v) is 31.0.